The Labute approximate surface area is 147 Å². The summed E-state index contributed by atoms with van der Waals surface area (Å²) in [5.41, 5.74) is -1.85. The van der Waals surface area contributed by atoms with Crippen LogP contribution < -0.4 is 11.2 Å². The van der Waals surface area contributed by atoms with E-state index >= 15 is 0 Å². The number of H-pyrrole nitrogens is 1. The quantitative estimate of drug-likeness (QED) is 0.761. The molecule has 2 N–H and O–H groups in total. The topological polar surface area (TPSA) is 93.6 Å². The molecule has 0 aromatic carbocycles. The summed E-state index contributed by atoms with van der Waals surface area (Å²) >= 11 is 4.89. The Hall–Kier alpha value is -1.33. The third-order valence-corrected chi connectivity index (χ3v) is 5.26. The molecule has 2 aromatic heterocycles. The number of aromatic nitrogens is 2. The van der Waals surface area contributed by atoms with E-state index in [2.05, 4.69) is 15.9 Å². The van der Waals surface area contributed by atoms with E-state index in [1.165, 1.54) is 11.3 Å². The van der Waals surface area contributed by atoms with Gasteiger partial charge in [-0.25, -0.2) is 4.79 Å². The zero-order chi connectivity index (χ0) is 17.3. The molecule has 0 amide bonds. The van der Waals surface area contributed by atoms with Crippen LogP contribution in [-0.2, 0) is 16.1 Å². The summed E-state index contributed by atoms with van der Waals surface area (Å²) in [6.45, 7) is 0.0400. The van der Waals surface area contributed by atoms with E-state index in [1.54, 1.807) is 0 Å². The van der Waals surface area contributed by atoms with E-state index in [4.69, 9.17) is 9.47 Å². The highest BCUT2D eigenvalue weighted by Gasteiger charge is 2.37. The molecule has 2 aromatic rings. The van der Waals surface area contributed by atoms with Gasteiger partial charge in [-0.05, 0) is 28.1 Å². The zero-order valence-corrected chi connectivity index (χ0v) is 14.7. The zero-order valence-electron chi connectivity index (χ0n) is 12.3. The number of nitrogens with one attached hydrogen (secondary N) is 1. The summed E-state index contributed by atoms with van der Waals surface area (Å²) in [6.07, 6.45) is -0.855. The van der Waals surface area contributed by atoms with E-state index in [-0.39, 0.29) is 13.0 Å². The highest BCUT2D eigenvalue weighted by atomic mass is 79.9. The molecule has 1 aliphatic heterocycles. The van der Waals surface area contributed by atoms with Gasteiger partial charge in [0.2, 0.25) is 5.82 Å². The Morgan fingerprint density at radius 3 is 2.96 bits per heavy atom. The fourth-order valence-electron chi connectivity index (χ4n) is 2.50. The Balaban J connectivity index is 1.73. The number of aromatic amines is 1. The summed E-state index contributed by atoms with van der Waals surface area (Å²) in [5.74, 6) is -1.08. The van der Waals surface area contributed by atoms with Crippen molar-refractivity contribution in [2.45, 2.75) is 31.5 Å². The molecule has 0 saturated carbocycles. The Bertz CT molecular complexity index is 835. The normalized spacial score (nSPS) is 23.7. The number of aliphatic hydroxyl groups is 1. The van der Waals surface area contributed by atoms with Gasteiger partial charge < -0.3 is 14.6 Å². The molecule has 24 heavy (non-hydrogen) atoms. The molecule has 1 unspecified atom stereocenters. The number of hydrogen-bond acceptors (Lipinski definition) is 6. The Morgan fingerprint density at radius 1 is 1.50 bits per heavy atom. The van der Waals surface area contributed by atoms with Crippen LogP contribution in [0.25, 0.3) is 0 Å². The lowest BCUT2D eigenvalue weighted by Gasteiger charge is -2.16. The second kappa shape index (κ2) is 7.28. The first-order valence-corrected chi connectivity index (χ1v) is 8.72. The number of nitrogens with zero attached hydrogens (tertiary/aromatic N) is 1. The third kappa shape index (κ3) is 3.67. The molecule has 3 heterocycles. The van der Waals surface area contributed by atoms with Crippen molar-refractivity contribution >= 4 is 27.3 Å². The maximum absolute atomic E-state index is 13.4. The lowest BCUT2D eigenvalue weighted by molar-refractivity contribution is -0.0656. The molecular weight excluding hydrogens is 407 g/mol. The van der Waals surface area contributed by atoms with Gasteiger partial charge in [-0.2, -0.15) is 4.39 Å². The van der Waals surface area contributed by atoms with Crippen molar-refractivity contribution in [3.05, 3.63) is 53.6 Å². The molecule has 3 atom stereocenters. The van der Waals surface area contributed by atoms with Crippen molar-refractivity contribution in [3.8, 4) is 0 Å². The third-order valence-electron chi connectivity index (χ3n) is 3.66. The van der Waals surface area contributed by atoms with Crippen LogP contribution in [0.15, 0.2) is 31.7 Å². The van der Waals surface area contributed by atoms with E-state index in [0.29, 0.717) is 6.61 Å². The summed E-state index contributed by atoms with van der Waals surface area (Å²) in [5, 5.41) is 9.44. The van der Waals surface area contributed by atoms with Crippen molar-refractivity contribution in [2.75, 3.05) is 6.61 Å². The SMILES string of the molecule is O=c1[nH]c(=O)n([C@@H]2CC(OCc3ccc(Br)s3)[C@H](CO)O2)cc1F. The standard InChI is InChI=1S/C14H14BrFN2O5S/c15-11-2-1-7(24-11)6-22-9-3-12(23-10(9)5-19)18-4-8(16)13(20)17-14(18)21/h1-2,4,9-10,12,19H,3,5-6H2,(H,17,20,21)/t9?,10-,12-/m0/s1. The number of hydrogen-bond donors (Lipinski definition) is 2. The predicted octanol–water partition coefficient (Wildman–Crippen LogP) is 1.36. The first-order valence-electron chi connectivity index (χ1n) is 7.11. The molecule has 0 radical (unpaired) electrons. The van der Waals surface area contributed by atoms with Gasteiger partial charge in [-0.15, -0.1) is 11.3 Å². The van der Waals surface area contributed by atoms with Gasteiger partial charge in [0.25, 0.3) is 5.56 Å². The van der Waals surface area contributed by atoms with E-state index in [9.17, 15) is 19.1 Å². The average Bonchev–Trinajstić information content (AvgIpc) is 3.14. The van der Waals surface area contributed by atoms with Gasteiger partial charge in [0.15, 0.2) is 0 Å². The molecule has 0 bridgehead atoms. The minimum absolute atomic E-state index is 0.253. The van der Waals surface area contributed by atoms with Gasteiger partial charge in [0.05, 0.1) is 29.3 Å². The van der Waals surface area contributed by atoms with E-state index in [0.717, 1.165) is 19.4 Å². The van der Waals surface area contributed by atoms with Crippen LogP contribution in [0.5, 0.6) is 0 Å². The van der Waals surface area contributed by atoms with Gasteiger partial charge >= 0.3 is 5.69 Å². The minimum Gasteiger partial charge on any atom is -0.394 e. The van der Waals surface area contributed by atoms with Crippen LogP contribution in [0.2, 0.25) is 0 Å². The minimum atomic E-state index is -1.08. The fourth-order valence-corrected chi connectivity index (χ4v) is 3.91. The summed E-state index contributed by atoms with van der Waals surface area (Å²) in [4.78, 5) is 25.8. The largest absolute Gasteiger partial charge is 0.394 e. The molecule has 7 nitrogen and oxygen atoms in total. The highest BCUT2D eigenvalue weighted by Crippen LogP contribution is 2.31. The lowest BCUT2D eigenvalue weighted by Crippen LogP contribution is -2.34. The number of rotatable bonds is 5. The van der Waals surface area contributed by atoms with Crippen LogP contribution in [0.1, 0.15) is 17.5 Å². The van der Waals surface area contributed by atoms with Crippen LogP contribution >= 0.6 is 27.3 Å². The molecule has 10 heteroatoms. The predicted molar refractivity (Wildman–Crippen MR) is 87.5 cm³/mol. The number of aliphatic hydroxyl groups excluding tert-OH is 1. The molecule has 1 saturated heterocycles. The monoisotopic (exact) mass is 420 g/mol. The lowest BCUT2D eigenvalue weighted by atomic mass is 10.2. The molecule has 0 spiro atoms. The first-order chi connectivity index (χ1) is 11.5. The second-order valence-electron chi connectivity index (χ2n) is 5.25. The fraction of sp³-hybridized carbons (Fsp3) is 0.429. The van der Waals surface area contributed by atoms with Crippen LogP contribution in [-0.4, -0.2) is 33.5 Å². The first kappa shape index (κ1) is 17.5. The molecule has 0 aliphatic carbocycles. The Kier molecular flexibility index (Phi) is 5.30. The van der Waals surface area contributed by atoms with Crippen molar-refractivity contribution in [2.24, 2.45) is 0 Å². The maximum Gasteiger partial charge on any atom is 0.330 e. The molecule has 130 valence electrons. The highest BCUT2D eigenvalue weighted by molar-refractivity contribution is 9.11. The number of halogens is 2. The summed E-state index contributed by atoms with van der Waals surface area (Å²) in [6, 6.07) is 3.82. The van der Waals surface area contributed by atoms with E-state index < -0.39 is 35.5 Å². The van der Waals surface area contributed by atoms with E-state index in [1.807, 2.05) is 17.1 Å². The molecule has 1 fully saturated rings. The van der Waals surface area contributed by atoms with Crippen LogP contribution in [0.4, 0.5) is 4.39 Å². The van der Waals surface area contributed by atoms with Crippen molar-refractivity contribution in [1.82, 2.24) is 9.55 Å². The molecular formula is C14H14BrFN2O5S. The van der Waals surface area contributed by atoms with Gasteiger partial charge in [-0.1, -0.05) is 0 Å². The van der Waals surface area contributed by atoms with Crippen LogP contribution in [0.3, 0.4) is 0 Å². The number of ether oxygens (including phenoxy) is 2. The maximum atomic E-state index is 13.4. The molecule has 1 aliphatic rings. The van der Waals surface area contributed by atoms with Gasteiger partial charge in [0.1, 0.15) is 12.3 Å². The van der Waals surface area contributed by atoms with Crippen LogP contribution in [0, 0.1) is 5.82 Å². The second-order valence-corrected chi connectivity index (χ2v) is 7.79. The van der Waals surface area contributed by atoms with Gasteiger partial charge in [-0.3, -0.25) is 14.3 Å². The smallest absolute Gasteiger partial charge is 0.330 e. The van der Waals surface area contributed by atoms with Gasteiger partial charge in [0, 0.05) is 11.3 Å². The summed E-state index contributed by atoms with van der Waals surface area (Å²) in [7, 11) is 0. The Morgan fingerprint density at radius 2 is 2.29 bits per heavy atom. The van der Waals surface area contributed by atoms with Crippen molar-refractivity contribution in [3.63, 3.8) is 0 Å². The average molecular weight is 421 g/mol. The van der Waals surface area contributed by atoms with Crippen molar-refractivity contribution in [1.29, 1.82) is 0 Å². The van der Waals surface area contributed by atoms with Crippen molar-refractivity contribution < 1.29 is 19.0 Å². The molecule has 3 rings (SSSR count). The summed E-state index contributed by atoms with van der Waals surface area (Å²) < 4.78 is 26.7. The number of thiophene rings is 1.